The molecule has 0 aromatic rings. The summed E-state index contributed by atoms with van der Waals surface area (Å²) in [5.74, 6) is -3.59. The van der Waals surface area contributed by atoms with Gasteiger partial charge in [0.15, 0.2) is 0 Å². The van der Waals surface area contributed by atoms with Crippen LogP contribution in [-0.2, 0) is 38.1 Å². The Bertz CT molecular complexity index is 378. The summed E-state index contributed by atoms with van der Waals surface area (Å²) in [7, 11) is 0. The van der Waals surface area contributed by atoms with E-state index in [1.54, 1.807) is 0 Å². The van der Waals surface area contributed by atoms with E-state index in [1.165, 1.54) is 0 Å². The Morgan fingerprint density at radius 3 is 1.18 bits per heavy atom. The van der Waals surface area contributed by atoms with Gasteiger partial charge < -0.3 is 30.4 Å². The van der Waals surface area contributed by atoms with E-state index in [0.717, 1.165) is 0 Å². The van der Waals surface area contributed by atoms with Gasteiger partial charge in [-0.2, -0.15) is 0 Å². The molecule has 0 rings (SSSR count). The predicted octanol–water partition coefficient (Wildman–Crippen LogP) is -3.66. The standard InChI is InChI=1S/C10H18N4O8/c11-3-7(17)21-9(13)19-5(15)1-2-6(16)20-10(14)22-8(18)4-12/h9-10H,1-4,11-14H2. The summed E-state index contributed by atoms with van der Waals surface area (Å²) in [4.78, 5) is 44.0. The van der Waals surface area contributed by atoms with Gasteiger partial charge in [-0.05, 0) is 0 Å². The van der Waals surface area contributed by atoms with Crippen LogP contribution in [-0.4, -0.2) is 49.8 Å². The van der Waals surface area contributed by atoms with Crippen LogP contribution in [0.25, 0.3) is 0 Å². The lowest BCUT2D eigenvalue weighted by atomic mass is 10.3. The molecule has 0 bridgehead atoms. The molecule has 126 valence electrons. The first-order valence-corrected chi connectivity index (χ1v) is 5.97. The molecule has 8 N–H and O–H groups in total. The average Bonchev–Trinajstić information content (AvgIpc) is 2.44. The van der Waals surface area contributed by atoms with Crippen LogP contribution in [0.2, 0.25) is 0 Å². The van der Waals surface area contributed by atoms with Crippen molar-refractivity contribution >= 4 is 23.9 Å². The lowest BCUT2D eigenvalue weighted by Gasteiger charge is -2.14. The number of hydrogen-bond acceptors (Lipinski definition) is 12. The number of rotatable bonds is 9. The molecule has 0 amide bonds. The van der Waals surface area contributed by atoms with Crippen LogP contribution in [0.3, 0.4) is 0 Å². The fourth-order valence-electron chi connectivity index (χ4n) is 0.985. The first-order chi connectivity index (χ1) is 10.3. The Morgan fingerprint density at radius 2 is 0.909 bits per heavy atom. The summed E-state index contributed by atoms with van der Waals surface area (Å²) in [6.07, 6.45) is -4.12. The molecule has 0 fully saturated rings. The summed E-state index contributed by atoms with van der Waals surface area (Å²) < 4.78 is 17.6. The minimum absolute atomic E-state index is 0.426. The van der Waals surface area contributed by atoms with Crippen molar-refractivity contribution in [1.82, 2.24) is 0 Å². The summed E-state index contributed by atoms with van der Waals surface area (Å²) in [5.41, 5.74) is 20.2. The van der Waals surface area contributed by atoms with Crippen molar-refractivity contribution in [2.24, 2.45) is 22.9 Å². The molecule has 0 radical (unpaired) electrons. The minimum Gasteiger partial charge on any atom is -0.411 e. The molecule has 0 saturated heterocycles. The normalized spacial score (nSPS) is 12.7. The van der Waals surface area contributed by atoms with E-state index in [9.17, 15) is 19.2 Å². The number of hydrogen-bond donors (Lipinski definition) is 4. The van der Waals surface area contributed by atoms with E-state index < -0.39 is 62.6 Å². The third-order valence-corrected chi connectivity index (χ3v) is 1.86. The molecule has 0 spiro atoms. The summed E-state index contributed by atoms with van der Waals surface area (Å²) in [6.45, 7) is -0.867. The van der Waals surface area contributed by atoms with Crippen LogP contribution < -0.4 is 22.9 Å². The first-order valence-electron chi connectivity index (χ1n) is 5.97. The predicted molar refractivity (Wildman–Crippen MR) is 67.7 cm³/mol. The number of ether oxygens (including phenoxy) is 4. The molecule has 2 atom stereocenters. The maximum atomic E-state index is 11.3. The van der Waals surface area contributed by atoms with E-state index in [4.69, 9.17) is 22.9 Å². The molecule has 0 aliphatic rings. The van der Waals surface area contributed by atoms with E-state index in [0.29, 0.717) is 0 Å². The lowest BCUT2D eigenvalue weighted by Crippen LogP contribution is -2.35. The van der Waals surface area contributed by atoms with Crippen molar-refractivity contribution in [3.05, 3.63) is 0 Å². The van der Waals surface area contributed by atoms with Gasteiger partial charge in [0, 0.05) is 0 Å². The lowest BCUT2D eigenvalue weighted by molar-refractivity contribution is -0.191. The molecule has 2 unspecified atom stereocenters. The van der Waals surface area contributed by atoms with Gasteiger partial charge >= 0.3 is 36.7 Å². The van der Waals surface area contributed by atoms with Gasteiger partial charge in [0.05, 0.1) is 25.9 Å². The average molecular weight is 322 g/mol. The molecular formula is C10H18N4O8. The highest BCUT2D eigenvalue weighted by Crippen LogP contribution is 2.00. The summed E-state index contributed by atoms with van der Waals surface area (Å²) >= 11 is 0. The van der Waals surface area contributed by atoms with E-state index in [2.05, 4.69) is 18.9 Å². The van der Waals surface area contributed by atoms with Gasteiger partial charge in [0.1, 0.15) is 0 Å². The number of nitrogens with two attached hydrogens (primary N) is 4. The Labute approximate surface area is 124 Å². The van der Waals surface area contributed by atoms with Crippen molar-refractivity contribution in [3.63, 3.8) is 0 Å². The monoisotopic (exact) mass is 322 g/mol. The minimum atomic E-state index is -1.63. The molecule has 12 heteroatoms. The fourth-order valence-corrected chi connectivity index (χ4v) is 0.985. The molecule has 0 heterocycles. The van der Waals surface area contributed by atoms with Crippen molar-refractivity contribution in [1.29, 1.82) is 0 Å². The van der Waals surface area contributed by atoms with Gasteiger partial charge in [-0.15, -0.1) is 0 Å². The van der Waals surface area contributed by atoms with Crippen molar-refractivity contribution in [3.8, 4) is 0 Å². The zero-order valence-electron chi connectivity index (χ0n) is 11.6. The number of carbonyl (C=O) groups is 4. The molecule has 12 nitrogen and oxygen atoms in total. The van der Waals surface area contributed by atoms with Gasteiger partial charge in [-0.3, -0.25) is 30.6 Å². The molecule has 0 saturated carbocycles. The smallest absolute Gasteiger partial charge is 0.323 e. The van der Waals surface area contributed by atoms with Crippen LogP contribution >= 0.6 is 0 Å². The zero-order valence-corrected chi connectivity index (χ0v) is 11.6. The Hall–Kier alpha value is -2.28. The topological polar surface area (TPSA) is 209 Å². The zero-order chi connectivity index (χ0) is 17.1. The van der Waals surface area contributed by atoms with Crippen LogP contribution in [0, 0.1) is 0 Å². The first kappa shape index (κ1) is 19.7. The highest BCUT2D eigenvalue weighted by atomic mass is 16.7. The third-order valence-electron chi connectivity index (χ3n) is 1.86. The Balaban J connectivity index is 3.96. The van der Waals surface area contributed by atoms with Gasteiger partial charge in [0.25, 0.3) is 0 Å². The molecule has 22 heavy (non-hydrogen) atoms. The molecule has 0 aliphatic carbocycles. The van der Waals surface area contributed by atoms with Gasteiger partial charge in [-0.25, -0.2) is 0 Å². The maximum Gasteiger partial charge on any atom is 0.323 e. The fraction of sp³-hybridized carbons (Fsp3) is 0.600. The maximum absolute atomic E-state index is 11.3. The Morgan fingerprint density at radius 1 is 0.636 bits per heavy atom. The van der Waals surface area contributed by atoms with E-state index in [-0.39, 0.29) is 0 Å². The molecule has 0 aliphatic heterocycles. The van der Waals surface area contributed by atoms with E-state index in [1.807, 2.05) is 0 Å². The highest BCUT2D eigenvalue weighted by Gasteiger charge is 2.18. The van der Waals surface area contributed by atoms with Crippen molar-refractivity contribution in [2.75, 3.05) is 13.1 Å². The number of esters is 4. The van der Waals surface area contributed by atoms with Gasteiger partial charge in [-0.1, -0.05) is 0 Å². The van der Waals surface area contributed by atoms with E-state index >= 15 is 0 Å². The van der Waals surface area contributed by atoms with Crippen LogP contribution in [0.15, 0.2) is 0 Å². The van der Waals surface area contributed by atoms with Gasteiger partial charge in [0.2, 0.25) is 0 Å². The Kier molecular flexibility index (Phi) is 9.36. The third kappa shape index (κ3) is 9.60. The van der Waals surface area contributed by atoms with Crippen LogP contribution in [0.5, 0.6) is 0 Å². The molecular weight excluding hydrogens is 304 g/mol. The second kappa shape index (κ2) is 10.4. The molecule has 0 aromatic heterocycles. The van der Waals surface area contributed by atoms with Crippen molar-refractivity contribution in [2.45, 2.75) is 25.7 Å². The SMILES string of the molecule is NCC(=O)OC(N)OC(=O)CCC(=O)OC(N)OC(=O)CN. The summed E-state index contributed by atoms with van der Waals surface area (Å²) in [6, 6.07) is 0. The van der Waals surface area contributed by atoms with Crippen molar-refractivity contribution < 1.29 is 38.1 Å². The van der Waals surface area contributed by atoms with Crippen LogP contribution in [0.1, 0.15) is 12.8 Å². The van der Waals surface area contributed by atoms with Crippen LogP contribution in [0.4, 0.5) is 0 Å². The second-order valence-electron chi connectivity index (χ2n) is 3.60. The second-order valence-corrected chi connectivity index (χ2v) is 3.60. The largest absolute Gasteiger partial charge is 0.411 e. The summed E-state index contributed by atoms with van der Waals surface area (Å²) in [5, 5.41) is 0. The quantitative estimate of drug-likeness (QED) is 0.239. The number of carbonyl (C=O) groups excluding carboxylic acids is 4. The highest BCUT2D eigenvalue weighted by molar-refractivity contribution is 5.78. The molecule has 0 aromatic carbocycles.